The van der Waals surface area contributed by atoms with Crippen molar-refractivity contribution in [1.82, 2.24) is 0 Å². The Labute approximate surface area is 192 Å². The van der Waals surface area contributed by atoms with Crippen molar-refractivity contribution < 1.29 is 0 Å². The van der Waals surface area contributed by atoms with Crippen LogP contribution < -0.4 is 0 Å². The van der Waals surface area contributed by atoms with Crippen molar-refractivity contribution in [1.29, 1.82) is 0 Å². The maximum Gasteiger partial charge on any atom is 0.0406 e. The predicted molar refractivity (Wildman–Crippen MR) is 133 cm³/mol. The molecule has 156 valence electrons. The average molecular weight is 425 g/mol. The Hall–Kier alpha value is -2.75. The first-order valence-electron chi connectivity index (χ1n) is 11.3. The second kappa shape index (κ2) is 10.5. The van der Waals surface area contributed by atoms with Crippen molar-refractivity contribution in [2.45, 2.75) is 44.4 Å². The van der Waals surface area contributed by atoms with Crippen LogP contribution in [0.5, 0.6) is 0 Å². The fraction of sp³-hybridized carbons (Fsp3) is 0.267. The summed E-state index contributed by atoms with van der Waals surface area (Å²) in [6.45, 7) is 3.86. The van der Waals surface area contributed by atoms with Gasteiger partial charge in [0.25, 0.3) is 0 Å². The van der Waals surface area contributed by atoms with Crippen molar-refractivity contribution >= 4 is 11.6 Å². The molecule has 0 bridgehead atoms. The minimum absolute atomic E-state index is 0.722. The molecule has 1 aliphatic carbocycles. The van der Waals surface area contributed by atoms with Gasteiger partial charge in [0.05, 0.1) is 0 Å². The molecule has 1 heteroatoms. The van der Waals surface area contributed by atoms with Gasteiger partial charge in [-0.1, -0.05) is 65.9 Å². The van der Waals surface area contributed by atoms with Crippen LogP contribution in [0.15, 0.2) is 85.5 Å². The molecule has 1 aliphatic rings. The monoisotopic (exact) mass is 424 g/mol. The van der Waals surface area contributed by atoms with E-state index in [2.05, 4.69) is 73.0 Å². The summed E-state index contributed by atoms with van der Waals surface area (Å²) in [5.41, 5.74) is 5.98. The van der Waals surface area contributed by atoms with Crippen molar-refractivity contribution in [3.63, 3.8) is 0 Å². The number of halogens is 1. The molecule has 3 aromatic rings. The van der Waals surface area contributed by atoms with Crippen LogP contribution in [-0.2, 0) is 0 Å². The Morgan fingerprint density at radius 2 is 1.26 bits per heavy atom. The molecule has 0 N–H and O–H groups in total. The van der Waals surface area contributed by atoms with Gasteiger partial charge in [-0.3, -0.25) is 0 Å². The zero-order chi connectivity index (χ0) is 21.5. The highest BCUT2D eigenvalue weighted by Gasteiger charge is 2.21. The van der Waals surface area contributed by atoms with E-state index in [0.29, 0.717) is 0 Å². The first-order valence-corrected chi connectivity index (χ1v) is 11.7. The van der Waals surface area contributed by atoms with E-state index < -0.39 is 0 Å². The fourth-order valence-electron chi connectivity index (χ4n) is 4.51. The maximum absolute atomic E-state index is 5.93. The van der Waals surface area contributed by atoms with E-state index in [1.54, 1.807) is 0 Å². The highest BCUT2D eigenvalue weighted by Crippen LogP contribution is 2.38. The fourth-order valence-corrected chi connectivity index (χ4v) is 4.64. The average Bonchev–Trinajstić information content (AvgIpc) is 2.83. The van der Waals surface area contributed by atoms with Crippen molar-refractivity contribution in [2.24, 2.45) is 5.92 Å². The van der Waals surface area contributed by atoms with E-state index in [0.717, 1.165) is 34.4 Å². The molecule has 0 spiro atoms. The second-order valence-electron chi connectivity index (χ2n) is 8.54. The zero-order valence-electron chi connectivity index (χ0n) is 18.0. The van der Waals surface area contributed by atoms with Crippen LogP contribution >= 0.6 is 11.6 Å². The topological polar surface area (TPSA) is 0 Å². The number of benzene rings is 3. The Bertz CT molecular complexity index is 1040. The first kappa shape index (κ1) is 21.5. The van der Waals surface area contributed by atoms with Crippen LogP contribution in [0.1, 0.15) is 61.1 Å². The molecule has 0 nitrogen and oxygen atoms in total. The quantitative estimate of drug-likeness (QED) is 0.284. The van der Waals surface area contributed by atoms with Gasteiger partial charge in [-0.15, -0.1) is 6.58 Å². The molecule has 0 radical (unpaired) electrons. The molecular formula is C30H29Cl. The van der Waals surface area contributed by atoms with E-state index in [1.807, 2.05) is 24.3 Å². The zero-order valence-corrected chi connectivity index (χ0v) is 18.7. The SMILES string of the molecule is C=CCCC1CCC(c2ccc(-c3ccc(C#Cc4ccc(Cl)cc4)cc3)cc2)CC1. The third-order valence-electron chi connectivity index (χ3n) is 6.42. The molecule has 0 aromatic heterocycles. The molecule has 3 aromatic carbocycles. The maximum atomic E-state index is 5.93. The van der Waals surface area contributed by atoms with Gasteiger partial charge in [-0.05, 0) is 103 Å². The Morgan fingerprint density at radius 3 is 1.81 bits per heavy atom. The molecule has 0 amide bonds. The van der Waals surface area contributed by atoms with Crippen LogP contribution in [-0.4, -0.2) is 0 Å². The van der Waals surface area contributed by atoms with Crippen LogP contribution in [0.3, 0.4) is 0 Å². The summed E-state index contributed by atoms with van der Waals surface area (Å²) in [6.07, 6.45) is 9.90. The number of rotatable bonds is 5. The molecule has 31 heavy (non-hydrogen) atoms. The van der Waals surface area contributed by atoms with E-state index in [-0.39, 0.29) is 0 Å². The highest BCUT2D eigenvalue weighted by atomic mass is 35.5. The third-order valence-corrected chi connectivity index (χ3v) is 6.67. The molecule has 0 saturated heterocycles. The van der Waals surface area contributed by atoms with Gasteiger partial charge in [-0.25, -0.2) is 0 Å². The van der Waals surface area contributed by atoms with Gasteiger partial charge in [-0.2, -0.15) is 0 Å². The summed E-state index contributed by atoms with van der Waals surface area (Å²) in [7, 11) is 0. The van der Waals surface area contributed by atoms with Gasteiger partial charge in [0.1, 0.15) is 0 Å². The van der Waals surface area contributed by atoms with E-state index >= 15 is 0 Å². The van der Waals surface area contributed by atoms with E-state index in [4.69, 9.17) is 11.6 Å². The molecule has 0 unspecified atom stereocenters. The van der Waals surface area contributed by atoms with E-state index in [1.165, 1.54) is 48.8 Å². The van der Waals surface area contributed by atoms with Crippen LogP contribution in [0.4, 0.5) is 0 Å². The Balaban J connectivity index is 1.37. The summed E-state index contributed by atoms with van der Waals surface area (Å²) in [5.74, 6) is 8.04. The number of allylic oxidation sites excluding steroid dienone is 1. The lowest BCUT2D eigenvalue weighted by atomic mass is 9.77. The third kappa shape index (κ3) is 5.90. The summed E-state index contributed by atoms with van der Waals surface area (Å²) in [4.78, 5) is 0. The lowest BCUT2D eigenvalue weighted by Gasteiger charge is -2.28. The van der Waals surface area contributed by atoms with Gasteiger partial charge in [0.15, 0.2) is 0 Å². The molecule has 0 heterocycles. The highest BCUT2D eigenvalue weighted by molar-refractivity contribution is 6.30. The molecular weight excluding hydrogens is 396 g/mol. The summed E-state index contributed by atoms with van der Waals surface area (Å²) in [6, 6.07) is 25.3. The van der Waals surface area contributed by atoms with E-state index in [9.17, 15) is 0 Å². The summed E-state index contributed by atoms with van der Waals surface area (Å²) >= 11 is 5.93. The smallest absolute Gasteiger partial charge is 0.0406 e. The summed E-state index contributed by atoms with van der Waals surface area (Å²) in [5, 5.41) is 0.733. The van der Waals surface area contributed by atoms with Crippen LogP contribution in [0.2, 0.25) is 5.02 Å². The largest absolute Gasteiger partial charge is 0.103 e. The Morgan fingerprint density at radius 1 is 0.742 bits per heavy atom. The minimum atomic E-state index is 0.722. The standard InChI is InChI=1S/C30H29Cl/c1-2-3-4-23-7-13-26(14-8-23)28-17-19-29(20-18-28)27-15-9-24(10-16-27)5-6-25-11-21-30(31)22-12-25/h2,9-12,15-23,26H,1,3-4,7-8,13-14H2. The Kier molecular flexibility index (Phi) is 7.29. The van der Waals surface area contributed by atoms with Crippen LogP contribution in [0.25, 0.3) is 11.1 Å². The van der Waals surface area contributed by atoms with Crippen molar-refractivity contribution in [2.75, 3.05) is 0 Å². The molecule has 1 fully saturated rings. The number of hydrogen-bond donors (Lipinski definition) is 0. The molecule has 4 rings (SSSR count). The molecule has 1 saturated carbocycles. The summed E-state index contributed by atoms with van der Waals surface area (Å²) < 4.78 is 0. The van der Waals surface area contributed by atoms with Crippen molar-refractivity contribution in [3.8, 4) is 23.0 Å². The van der Waals surface area contributed by atoms with Crippen LogP contribution in [0, 0.1) is 17.8 Å². The lowest BCUT2D eigenvalue weighted by Crippen LogP contribution is -2.13. The normalized spacial score (nSPS) is 18.1. The second-order valence-corrected chi connectivity index (χ2v) is 8.98. The van der Waals surface area contributed by atoms with Gasteiger partial charge >= 0.3 is 0 Å². The van der Waals surface area contributed by atoms with Gasteiger partial charge in [0, 0.05) is 16.1 Å². The predicted octanol–water partition coefficient (Wildman–Crippen LogP) is 8.65. The van der Waals surface area contributed by atoms with Gasteiger partial charge < -0.3 is 0 Å². The molecule has 0 atom stereocenters. The first-order chi connectivity index (χ1) is 15.2. The molecule has 0 aliphatic heterocycles. The number of hydrogen-bond acceptors (Lipinski definition) is 0. The van der Waals surface area contributed by atoms with Gasteiger partial charge in [0.2, 0.25) is 0 Å². The van der Waals surface area contributed by atoms with Crippen molar-refractivity contribution in [3.05, 3.63) is 107 Å². The lowest BCUT2D eigenvalue weighted by molar-refractivity contribution is 0.312. The minimum Gasteiger partial charge on any atom is -0.103 e.